The maximum Gasteiger partial charge on any atom is 0.258 e. The largest absolute Gasteiger partial charge is 0.326 e. The highest BCUT2D eigenvalue weighted by molar-refractivity contribution is 7.15. The molecule has 5 rings (SSSR count). The maximum absolute atomic E-state index is 12.6. The third kappa shape index (κ3) is 2.84. The number of fused-ring (bicyclic) bond motifs is 2. The minimum atomic E-state index is -0.308. The quantitative estimate of drug-likeness (QED) is 0.561. The predicted molar refractivity (Wildman–Crippen MR) is 108 cm³/mol. The van der Waals surface area contributed by atoms with Crippen molar-refractivity contribution >= 4 is 39.7 Å². The first-order valence-electron chi connectivity index (χ1n) is 8.72. The highest BCUT2D eigenvalue weighted by atomic mass is 32.1. The number of carbonyl (C=O) groups excluding carboxylic acids is 2. The normalized spacial score (nSPS) is 12.8. The van der Waals surface area contributed by atoms with Crippen LogP contribution in [0, 0.1) is 6.92 Å². The van der Waals surface area contributed by atoms with E-state index in [1.807, 2.05) is 36.6 Å². The maximum atomic E-state index is 12.6. The van der Waals surface area contributed by atoms with E-state index < -0.39 is 0 Å². The van der Waals surface area contributed by atoms with Gasteiger partial charge in [-0.25, -0.2) is 4.52 Å². The zero-order valence-electron chi connectivity index (χ0n) is 14.9. The van der Waals surface area contributed by atoms with E-state index >= 15 is 0 Å². The fourth-order valence-corrected chi connectivity index (χ4v) is 4.03. The van der Waals surface area contributed by atoms with E-state index in [4.69, 9.17) is 0 Å². The molecule has 2 amide bonds. The molecule has 1 aliphatic heterocycles. The molecular weight excluding hydrogens is 374 g/mol. The van der Waals surface area contributed by atoms with Gasteiger partial charge in [-0.05, 0) is 30.7 Å². The van der Waals surface area contributed by atoms with E-state index in [2.05, 4.69) is 20.7 Å². The van der Waals surface area contributed by atoms with Crippen molar-refractivity contribution in [3.63, 3.8) is 0 Å². The number of carbonyl (C=O) groups is 2. The molecular formula is C20H15N5O2S. The SMILES string of the molecule is Cc1ccc(-c2csc3nc(NC(=O)c4ccc5c(c4)CC(=O)N5)nn23)cc1. The highest BCUT2D eigenvalue weighted by Gasteiger charge is 2.20. The fraction of sp³-hybridized carbons (Fsp3) is 0.100. The highest BCUT2D eigenvalue weighted by Crippen LogP contribution is 2.27. The van der Waals surface area contributed by atoms with Crippen LogP contribution in [0.1, 0.15) is 21.5 Å². The van der Waals surface area contributed by atoms with Crippen LogP contribution in [-0.2, 0) is 11.2 Å². The standard InChI is InChI=1S/C20H15N5O2S/c1-11-2-4-12(5-3-11)16-10-28-20-23-19(24-25(16)20)22-18(27)13-6-7-15-14(8-13)9-17(26)21-15/h2-8,10H,9H2,1H3,(H,21,26)(H,22,24,27). The van der Waals surface area contributed by atoms with E-state index in [0.29, 0.717) is 10.5 Å². The van der Waals surface area contributed by atoms with Crippen LogP contribution in [0.25, 0.3) is 16.2 Å². The summed E-state index contributed by atoms with van der Waals surface area (Å²) in [5.74, 6) is -0.121. The molecule has 8 heteroatoms. The molecule has 0 radical (unpaired) electrons. The number of amides is 2. The fourth-order valence-electron chi connectivity index (χ4n) is 3.20. The van der Waals surface area contributed by atoms with Gasteiger partial charge >= 0.3 is 0 Å². The summed E-state index contributed by atoms with van der Waals surface area (Å²) in [6, 6.07) is 13.3. The summed E-state index contributed by atoms with van der Waals surface area (Å²) in [6.07, 6.45) is 0.287. The molecule has 0 atom stereocenters. The summed E-state index contributed by atoms with van der Waals surface area (Å²) in [5.41, 5.74) is 5.19. The second kappa shape index (κ2) is 6.28. The smallest absolute Gasteiger partial charge is 0.258 e. The molecule has 0 saturated carbocycles. The molecule has 2 aromatic heterocycles. The molecule has 0 unspecified atom stereocenters. The van der Waals surface area contributed by atoms with Gasteiger partial charge in [0.2, 0.25) is 10.9 Å². The molecule has 3 heterocycles. The Morgan fingerprint density at radius 2 is 2.04 bits per heavy atom. The molecule has 0 aliphatic carbocycles. The van der Waals surface area contributed by atoms with Gasteiger partial charge in [0.25, 0.3) is 11.9 Å². The Balaban J connectivity index is 1.41. The van der Waals surface area contributed by atoms with Gasteiger partial charge in [-0.1, -0.05) is 29.8 Å². The van der Waals surface area contributed by atoms with Crippen molar-refractivity contribution in [1.29, 1.82) is 0 Å². The number of nitrogens with zero attached hydrogens (tertiary/aromatic N) is 3. The number of aromatic nitrogens is 3. The van der Waals surface area contributed by atoms with Gasteiger partial charge in [0, 0.05) is 22.2 Å². The van der Waals surface area contributed by atoms with Gasteiger partial charge in [0.05, 0.1) is 12.1 Å². The van der Waals surface area contributed by atoms with E-state index in [1.165, 1.54) is 16.9 Å². The lowest BCUT2D eigenvalue weighted by Crippen LogP contribution is -2.13. The lowest BCUT2D eigenvalue weighted by Gasteiger charge is -2.04. The van der Waals surface area contributed by atoms with Gasteiger partial charge < -0.3 is 5.32 Å². The second-order valence-corrected chi connectivity index (χ2v) is 7.50. The molecule has 0 bridgehead atoms. The number of rotatable bonds is 3. The summed E-state index contributed by atoms with van der Waals surface area (Å²) in [4.78, 5) is 29.2. The number of hydrogen-bond acceptors (Lipinski definition) is 5. The minimum absolute atomic E-state index is 0.0628. The topological polar surface area (TPSA) is 88.4 Å². The van der Waals surface area contributed by atoms with Crippen LogP contribution in [0.3, 0.4) is 0 Å². The zero-order chi connectivity index (χ0) is 19.3. The van der Waals surface area contributed by atoms with Crippen LogP contribution in [0.15, 0.2) is 47.8 Å². The third-order valence-electron chi connectivity index (χ3n) is 4.65. The average Bonchev–Trinajstić information content (AvgIpc) is 3.34. The van der Waals surface area contributed by atoms with Crippen molar-refractivity contribution < 1.29 is 9.59 Å². The average molecular weight is 389 g/mol. The van der Waals surface area contributed by atoms with Crippen LogP contribution in [-0.4, -0.2) is 26.4 Å². The van der Waals surface area contributed by atoms with Gasteiger partial charge in [0.15, 0.2) is 0 Å². The van der Waals surface area contributed by atoms with Gasteiger partial charge in [-0.3, -0.25) is 14.9 Å². The predicted octanol–water partition coefficient (Wildman–Crippen LogP) is 3.51. The Morgan fingerprint density at radius 3 is 2.86 bits per heavy atom. The Hall–Kier alpha value is -3.52. The molecule has 2 aromatic carbocycles. The number of anilines is 2. The van der Waals surface area contributed by atoms with Crippen molar-refractivity contribution in [1.82, 2.24) is 14.6 Å². The Labute approximate surface area is 164 Å². The minimum Gasteiger partial charge on any atom is -0.326 e. The van der Waals surface area contributed by atoms with Gasteiger partial charge in [-0.15, -0.1) is 16.4 Å². The van der Waals surface area contributed by atoms with Crippen LogP contribution in [0.5, 0.6) is 0 Å². The number of hydrogen-bond donors (Lipinski definition) is 2. The number of aryl methyl sites for hydroxylation is 1. The molecule has 0 fully saturated rings. The van der Waals surface area contributed by atoms with Gasteiger partial charge in [0.1, 0.15) is 0 Å². The van der Waals surface area contributed by atoms with Crippen LogP contribution < -0.4 is 10.6 Å². The Kier molecular flexibility index (Phi) is 3.73. The number of thiazole rings is 1. The van der Waals surface area contributed by atoms with E-state index in [1.54, 1.807) is 22.7 Å². The zero-order valence-corrected chi connectivity index (χ0v) is 15.7. The lowest BCUT2D eigenvalue weighted by molar-refractivity contribution is -0.115. The molecule has 4 aromatic rings. The van der Waals surface area contributed by atoms with Crippen molar-refractivity contribution in [2.24, 2.45) is 0 Å². The van der Waals surface area contributed by atoms with Crippen molar-refractivity contribution in [3.05, 3.63) is 64.5 Å². The van der Waals surface area contributed by atoms with Crippen LogP contribution >= 0.6 is 11.3 Å². The molecule has 2 N–H and O–H groups in total. The summed E-state index contributed by atoms with van der Waals surface area (Å²) in [7, 11) is 0. The molecule has 1 aliphatic rings. The van der Waals surface area contributed by atoms with Gasteiger partial charge in [-0.2, -0.15) is 4.98 Å². The molecule has 138 valence electrons. The molecule has 0 saturated heterocycles. The first kappa shape index (κ1) is 16.6. The number of nitrogens with one attached hydrogen (secondary N) is 2. The molecule has 7 nitrogen and oxygen atoms in total. The van der Waals surface area contributed by atoms with Crippen LogP contribution in [0.2, 0.25) is 0 Å². The van der Waals surface area contributed by atoms with Crippen molar-refractivity contribution in [2.75, 3.05) is 10.6 Å². The summed E-state index contributed by atoms with van der Waals surface area (Å²) in [6.45, 7) is 2.04. The van der Waals surface area contributed by atoms with Crippen molar-refractivity contribution in [3.8, 4) is 11.3 Å². The second-order valence-electron chi connectivity index (χ2n) is 6.67. The third-order valence-corrected chi connectivity index (χ3v) is 5.46. The Bertz CT molecular complexity index is 1240. The van der Waals surface area contributed by atoms with E-state index in [9.17, 15) is 9.59 Å². The lowest BCUT2D eigenvalue weighted by atomic mass is 10.1. The summed E-state index contributed by atoms with van der Waals surface area (Å²) >= 11 is 1.47. The van der Waals surface area contributed by atoms with E-state index in [-0.39, 0.29) is 24.2 Å². The summed E-state index contributed by atoms with van der Waals surface area (Å²) in [5, 5.41) is 11.9. The Morgan fingerprint density at radius 1 is 1.21 bits per heavy atom. The van der Waals surface area contributed by atoms with E-state index in [0.717, 1.165) is 22.5 Å². The van der Waals surface area contributed by atoms with Crippen LogP contribution in [0.4, 0.5) is 11.6 Å². The monoisotopic (exact) mass is 389 g/mol. The molecule has 0 spiro atoms. The first-order valence-corrected chi connectivity index (χ1v) is 9.60. The first-order chi connectivity index (χ1) is 13.6. The summed E-state index contributed by atoms with van der Waals surface area (Å²) < 4.78 is 1.73. The number of benzene rings is 2. The van der Waals surface area contributed by atoms with Crippen molar-refractivity contribution in [2.45, 2.75) is 13.3 Å². The molecule has 28 heavy (non-hydrogen) atoms.